The van der Waals surface area contributed by atoms with Gasteiger partial charge in [0.1, 0.15) is 11.1 Å². The summed E-state index contributed by atoms with van der Waals surface area (Å²) in [5, 5.41) is 7.06. The average molecular weight is 499 g/mol. The normalized spacial score (nSPS) is 12.1. The van der Waals surface area contributed by atoms with E-state index >= 15 is 0 Å². The van der Waals surface area contributed by atoms with E-state index < -0.39 is 0 Å². The molecule has 9 rings (SSSR count). The van der Waals surface area contributed by atoms with Crippen LogP contribution in [0.1, 0.15) is 0 Å². The lowest BCUT2D eigenvalue weighted by Crippen LogP contribution is -1.94. The fraction of sp³-hybridized carbons (Fsp3) is 0. The molecule has 0 saturated carbocycles. The van der Waals surface area contributed by atoms with Crippen LogP contribution in [0.15, 0.2) is 138 Å². The zero-order valence-corrected chi connectivity index (χ0v) is 21.0. The summed E-state index contributed by atoms with van der Waals surface area (Å²) in [7, 11) is 0. The lowest BCUT2D eigenvalue weighted by molar-refractivity contribution is 0.677. The van der Waals surface area contributed by atoms with E-state index in [1.807, 2.05) is 0 Å². The van der Waals surface area contributed by atoms with Crippen molar-refractivity contribution >= 4 is 65.6 Å². The van der Waals surface area contributed by atoms with Crippen LogP contribution in [0.2, 0.25) is 0 Å². The van der Waals surface area contributed by atoms with Gasteiger partial charge < -0.3 is 13.6 Å². The van der Waals surface area contributed by atoms with Gasteiger partial charge in [-0.2, -0.15) is 0 Å². The Kier molecular flexibility index (Phi) is 4.05. The van der Waals surface area contributed by atoms with E-state index in [1.54, 1.807) is 0 Å². The number of hydrogen-bond acceptors (Lipinski definition) is 1. The van der Waals surface area contributed by atoms with Gasteiger partial charge in [-0.1, -0.05) is 78.9 Å². The molecule has 0 aliphatic carbocycles. The maximum Gasteiger partial charge on any atom is 0.161 e. The van der Waals surface area contributed by atoms with E-state index in [1.165, 1.54) is 21.7 Å². The first-order valence-corrected chi connectivity index (χ1v) is 13.3. The zero-order chi connectivity index (χ0) is 25.5. The number of furan rings is 1. The van der Waals surface area contributed by atoms with Gasteiger partial charge in [-0.25, -0.2) is 0 Å². The second-order valence-corrected chi connectivity index (χ2v) is 10.2. The number of aromatic nitrogens is 2. The second kappa shape index (κ2) is 7.62. The molecule has 0 N–H and O–H groups in total. The SMILES string of the molecule is c1ccc(-n2c3ccccc3c3oc4c(ccc5c4c4ccccc4n5-c4ccc5ccccc5c4)c32)cc1. The minimum absolute atomic E-state index is 0.930. The van der Waals surface area contributed by atoms with E-state index in [9.17, 15) is 0 Å². The smallest absolute Gasteiger partial charge is 0.161 e. The lowest BCUT2D eigenvalue weighted by atomic mass is 10.1. The Morgan fingerprint density at radius 1 is 0.410 bits per heavy atom. The molecule has 0 atom stereocenters. The maximum absolute atomic E-state index is 6.87. The molecular weight excluding hydrogens is 476 g/mol. The van der Waals surface area contributed by atoms with Crippen LogP contribution >= 0.6 is 0 Å². The molecule has 3 heterocycles. The van der Waals surface area contributed by atoms with E-state index in [0.29, 0.717) is 0 Å². The van der Waals surface area contributed by atoms with Crippen LogP contribution in [-0.2, 0) is 0 Å². The molecule has 6 aromatic carbocycles. The monoisotopic (exact) mass is 498 g/mol. The summed E-state index contributed by atoms with van der Waals surface area (Å²) in [4.78, 5) is 0. The van der Waals surface area contributed by atoms with Crippen molar-refractivity contribution in [2.24, 2.45) is 0 Å². The van der Waals surface area contributed by atoms with E-state index in [0.717, 1.165) is 55.2 Å². The first-order chi connectivity index (χ1) is 19.4. The average Bonchev–Trinajstić information content (AvgIpc) is 3.64. The molecule has 0 spiro atoms. The van der Waals surface area contributed by atoms with Crippen molar-refractivity contribution in [3.63, 3.8) is 0 Å². The van der Waals surface area contributed by atoms with Crippen molar-refractivity contribution in [1.82, 2.24) is 9.13 Å². The van der Waals surface area contributed by atoms with Crippen molar-refractivity contribution < 1.29 is 4.42 Å². The van der Waals surface area contributed by atoms with Gasteiger partial charge in [0.15, 0.2) is 5.58 Å². The Hall–Kier alpha value is -5.28. The summed E-state index contributed by atoms with van der Waals surface area (Å²) in [6.45, 7) is 0. The third kappa shape index (κ3) is 2.76. The molecule has 0 aliphatic heterocycles. The molecule has 3 aromatic heterocycles. The first kappa shape index (κ1) is 20.7. The summed E-state index contributed by atoms with van der Waals surface area (Å²) in [6, 6.07) is 47.5. The third-order valence-corrected chi connectivity index (χ3v) is 8.08. The summed E-state index contributed by atoms with van der Waals surface area (Å²) in [5.41, 5.74) is 8.72. The van der Waals surface area contributed by atoms with Crippen molar-refractivity contribution in [1.29, 1.82) is 0 Å². The van der Waals surface area contributed by atoms with Crippen LogP contribution in [0, 0.1) is 0 Å². The summed E-state index contributed by atoms with van der Waals surface area (Å²) >= 11 is 0. The highest BCUT2D eigenvalue weighted by Gasteiger charge is 2.23. The molecule has 0 unspecified atom stereocenters. The van der Waals surface area contributed by atoms with Crippen LogP contribution in [0.4, 0.5) is 0 Å². The predicted molar refractivity (Wildman–Crippen MR) is 162 cm³/mol. The van der Waals surface area contributed by atoms with Gasteiger partial charge in [-0.05, 0) is 65.4 Å². The number of fused-ring (bicyclic) bond motifs is 10. The Morgan fingerprint density at radius 2 is 1.10 bits per heavy atom. The Morgan fingerprint density at radius 3 is 1.95 bits per heavy atom. The molecule has 3 heteroatoms. The van der Waals surface area contributed by atoms with Gasteiger partial charge in [-0.15, -0.1) is 0 Å². The molecule has 182 valence electrons. The van der Waals surface area contributed by atoms with Crippen molar-refractivity contribution in [2.45, 2.75) is 0 Å². The minimum atomic E-state index is 0.930. The predicted octanol–water partition coefficient (Wildman–Crippen LogP) is 9.78. The quantitative estimate of drug-likeness (QED) is 0.233. The Balaban J connectivity index is 1.45. The highest BCUT2D eigenvalue weighted by atomic mass is 16.3. The molecule has 0 saturated heterocycles. The van der Waals surface area contributed by atoms with Crippen molar-refractivity contribution in [2.75, 3.05) is 0 Å². The van der Waals surface area contributed by atoms with Gasteiger partial charge >= 0.3 is 0 Å². The fourth-order valence-corrected chi connectivity index (χ4v) is 6.42. The molecule has 0 amide bonds. The van der Waals surface area contributed by atoms with Crippen LogP contribution in [0.5, 0.6) is 0 Å². The fourth-order valence-electron chi connectivity index (χ4n) is 6.42. The molecule has 39 heavy (non-hydrogen) atoms. The van der Waals surface area contributed by atoms with Crippen LogP contribution < -0.4 is 0 Å². The minimum Gasteiger partial charge on any atom is -0.453 e. The number of nitrogens with zero attached hydrogens (tertiary/aromatic N) is 2. The van der Waals surface area contributed by atoms with Crippen LogP contribution in [0.3, 0.4) is 0 Å². The van der Waals surface area contributed by atoms with Gasteiger partial charge in [0.25, 0.3) is 0 Å². The molecule has 0 bridgehead atoms. The largest absolute Gasteiger partial charge is 0.453 e. The van der Waals surface area contributed by atoms with E-state index in [4.69, 9.17) is 4.42 Å². The third-order valence-electron chi connectivity index (χ3n) is 8.08. The maximum atomic E-state index is 6.87. The molecule has 0 radical (unpaired) electrons. The van der Waals surface area contributed by atoms with E-state index in [2.05, 4.69) is 143 Å². The van der Waals surface area contributed by atoms with Crippen LogP contribution in [-0.4, -0.2) is 9.13 Å². The van der Waals surface area contributed by atoms with Gasteiger partial charge in [0.2, 0.25) is 0 Å². The molecule has 9 aromatic rings. The molecule has 0 aliphatic rings. The molecule has 3 nitrogen and oxygen atoms in total. The number of hydrogen-bond donors (Lipinski definition) is 0. The summed E-state index contributed by atoms with van der Waals surface area (Å²) in [6.07, 6.45) is 0. The number of rotatable bonds is 2. The van der Waals surface area contributed by atoms with Gasteiger partial charge in [0, 0.05) is 27.5 Å². The molecule has 0 fully saturated rings. The topological polar surface area (TPSA) is 23.0 Å². The standard InChI is InChI=1S/C36H22N2O/c1-2-12-25(13-3-1)38-31-17-9-7-15-28(31)36-34(38)29-20-21-32-33(35(29)39-36)27-14-6-8-16-30(27)37(32)26-19-18-23-10-4-5-11-24(23)22-26/h1-22H. The number of para-hydroxylation sites is 3. The van der Waals surface area contributed by atoms with Gasteiger partial charge in [0.05, 0.1) is 21.9 Å². The highest BCUT2D eigenvalue weighted by Crippen LogP contribution is 2.44. The second-order valence-electron chi connectivity index (χ2n) is 10.2. The zero-order valence-electron chi connectivity index (χ0n) is 21.0. The Labute approximate surface area is 223 Å². The summed E-state index contributed by atoms with van der Waals surface area (Å²) < 4.78 is 11.6. The van der Waals surface area contributed by atoms with E-state index in [-0.39, 0.29) is 0 Å². The first-order valence-electron chi connectivity index (χ1n) is 13.3. The van der Waals surface area contributed by atoms with Crippen molar-refractivity contribution in [3.05, 3.63) is 133 Å². The molecular formula is C36H22N2O. The van der Waals surface area contributed by atoms with Crippen LogP contribution in [0.25, 0.3) is 76.9 Å². The Bertz CT molecular complexity index is 2390. The van der Waals surface area contributed by atoms with Crippen molar-refractivity contribution in [3.8, 4) is 11.4 Å². The van der Waals surface area contributed by atoms with Gasteiger partial charge in [-0.3, -0.25) is 0 Å². The number of benzene rings is 6. The highest BCUT2D eigenvalue weighted by molar-refractivity contribution is 6.26. The summed E-state index contributed by atoms with van der Waals surface area (Å²) in [5.74, 6) is 0. The lowest BCUT2D eigenvalue weighted by Gasteiger charge is -2.09.